The maximum atomic E-state index is 13.7. The molecule has 2 aliphatic rings. The summed E-state index contributed by atoms with van der Waals surface area (Å²) in [6.07, 6.45) is 0.946. The number of amides is 3. The maximum Gasteiger partial charge on any atom is 0.257 e. The molecule has 8 heteroatoms. The van der Waals surface area contributed by atoms with Crippen molar-refractivity contribution >= 4 is 23.4 Å². The lowest BCUT2D eigenvalue weighted by Gasteiger charge is -2.48. The Morgan fingerprint density at radius 3 is 2.69 bits per heavy atom. The van der Waals surface area contributed by atoms with E-state index in [9.17, 15) is 18.8 Å². The Kier molecular flexibility index (Phi) is 5.86. The fraction of sp³-hybridized carbons (Fsp3) is 0.375. The lowest BCUT2D eigenvalue weighted by molar-refractivity contribution is -0.122. The molecule has 168 valence electrons. The molecular formula is C24H26FN3O4. The molecule has 2 unspecified atom stereocenters. The van der Waals surface area contributed by atoms with Crippen LogP contribution < -0.4 is 15.0 Å². The summed E-state index contributed by atoms with van der Waals surface area (Å²) in [5.74, 6) is -0.789. The molecule has 0 aromatic heterocycles. The van der Waals surface area contributed by atoms with Gasteiger partial charge in [0.25, 0.3) is 5.91 Å². The highest BCUT2D eigenvalue weighted by atomic mass is 19.1. The lowest BCUT2D eigenvalue weighted by Crippen LogP contribution is -2.62. The first-order valence-electron chi connectivity index (χ1n) is 10.7. The fourth-order valence-corrected chi connectivity index (χ4v) is 4.42. The maximum absolute atomic E-state index is 13.7. The van der Waals surface area contributed by atoms with E-state index in [-0.39, 0.29) is 49.1 Å². The second kappa shape index (κ2) is 8.61. The third-order valence-corrected chi connectivity index (χ3v) is 6.04. The molecule has 1 saturated heterocycles. The number of carbonyl (C=O) groups excluding carboxylic acids is 3. The van der Waals surface area contributed by atoms with Crippen LogP contribution in [0, 0.1) is 5.82 Å². The van der Waals surface area contributed by atoms with Crippen LogP contribution in [0.1, 0.15) is 43.5 Å². The first kappa shape index (κ1) is 21.8. The van der Waals surface area contributed by atoms with Gasteiger partial charge in [0, 0.05) is 19.4 Å². The minimum atomic E-state index is -0.789. The highest BCUT2D eigenvalue weighted by molar-refractivity contribution is 6.10. The predicted octanol–water partition coefficient (Wildman–Crippen LogP) is 3.10. The number of nitrogens with one attached hydrogen (secondary N) is 1. The number of benzene rings is 2. The monoisotopic (exact) mass is 439 g/mol. The minimum absolute atomic E-state index is 0.0270. The highest BCUT2D eigenvalue weighted by Gasteiger charge is 2.52. The van der Waals surface area contributed by atoms with E-state index in [4.69, 9.17) is 4.74 Å². The summed E-state index contributed by atoms with van der Waals surface area (Å²) in [5.41, 5.74) is 0.303. The van der Waals surface area contributed by atoms with Crippen molar-refractivity contribution in [2.45, 2.75) is 44.8 Å². The van der Waals surface area contributed by atoms with Crippen molar-refractivity contribution in [2.24, 2.45) is 0 Å². The Balaban J connectivity index is 1.38. The summed E-state index contributed by atoms with van der Waals surface area (Å²) in [4.78, 5) is 41.6. The van der Waals surface area contributed by atoms with Crippen LogP contribution in [-0.4, -0.2) is 47.5 Å². The van der Waals surface area contributed by atoms with E-state index in [1.54, 1.807) is 47.1 Å². The van der Waals surface area contributed by atoms with Crippen molar-refractivity contribution < 1.29 is 23.5 Å². The summed E-state index contributed by atoms with van der Waals surface area (Å²) in [7, 11) is 0. The Morgan fingerprint density at radius 1 is 1.19 bits per heavy atom. The summed E-state index contributed by atoms with van der Waals surface area (Å²) in [5, 5.41) is 2.82. The molecule has 1 N–H and O–H groups in total. The van der Waals surface area contributed by atoms with Crippen molar-refractivity contribution in [3.8, 4) is 5.75 Å². The predicted molar refractivity (Wildman–Crippen MR) is 117 cm³/mol. The third-order valence-electron chi connectivity index (χ3n) is 6.04. The molecule has 2 aromatic rings. The Morgan fingerprint density at radius 2 is 1.91 bits per heavy atom. The average molecular weight is 439 g/mol. The van der Waals surface area contributed by atoms with Gasteiger partial charge in [0.05, 0.1) is 17.3 Å². The van der Waals surface area contributed by atoms with Crippen molar-refractivity contribution in [2.75, 3.05) is 18.1 Å². The Bertz CT molecular complexity index is 1060. The Labute approximate surface area is 186 Å². The van der Waals surface area contributed by atoms with E-state index in [1.807, 2.05) is 13.0 Å². The standard InChI is InChI=1S/C24H26FN3O4/c1-16(15-32-20-10-6-4-8-18(20)25)26-21(29)12-14-27-23(31)17-7-3-5-9-19(17)28-22(30)11-13-24(27,28)2/h3-10,16H,11-15H2,1-2H3,(H,26,29). The van der Waals surface area contributed by atoms with E-state index >= 15 is 0 Å². The van der Waals surface area contributed by atoms with Crippen molar-refractivity contribution in [1.82, 2.24) is 10.2 Å². The number of nitrogens with zero attached hydrogens (tertiary/aromatic N) is 2. The summed E-state index contributed by atoms with van der Waals surface area (Å²) >= 11 is 0. The van der Waals surface area contributed by atoms with Crippen LogP contribution in [0.4, 0.5) is 10.1 Å². The van der Waals surface area contributed by atoms with Gasteiger partial charge in [-0.1, -0.05) is 24.3 Å². The number of carbonyl (C=O) groups is 3. The number of anilines is 1. The van der Waals surface area contributed by atoms with Gasteiger partial charge in [0.2, 0.25) is 11.8 Å². The zero-order chi connectivity index (χ0) is 22.9. The SMILES string of the molecule is CC(COc1ccccc1F)NC(=O)CCN1C(=O)c2ccccc2N2C(=O)CCC12C. The van der Waals surface area contributed by atoms with E-state index < -0.39 is 11.5 Å². The molecule has 3 amide bonds. The quantitative estimate of drug-likeness (QED) is 0.719. The third kappa shape index (κ3) is 3.92. The van der Waals surface area contributed by atoms with Gasteiger partial charge in [-0.2, -0.15) is 0 Å². The van der Waals surface area contributed by atoms with Crippen LogP contribution in [0.2, 0.25) is 0 Å². The van der Waals surface area contributed by atoms with Gasteiger partial charge in [-0.05, 0) is 44.5 Å². The Hall–Kier alpha value is -3.42. The zero-order valence-corrected chi connectivity index (χ0v) is 18.1. The molecule has 1 fully saturated rings. The molecule has 0 aliphatic carbocycles. The second-order valence-corrected chi connectivity index (χ2v) is 8.38. The van der Waals surface area contributed by atoms with Gasteiger partial charge < -0.3 is 15.0 Å². The molecule has 0 saturated carbocycles. The van der Waals surface area contributed by atoms with Crippen molar-refractivity contribution in [3.05, 3.63) is 59.9 Å². The number of rotatable bonds is 7. The molecule has 0 radical (unpaired) electrons. The molecule has 2 heterocycles. The summed E-state index contributed by atoms with van der Waals surface area (Å²) in [6.45, 7) is 3.93. The summed E-state index contributed by atoms with van der Waals surface area (Å²) < 4.78 is 19.1. The van der Waals surface area contributed by atoms with Crippen LogP contribution in [0.5, 0.6) is 5.75 Å². The van der Waals surface area contributed by atoms with Crippen molar-refractivity contribution in [1.29, 1.82) is 0 Å². The fourth-order valence-electron chi connectivity index (χ4n) is 4.42. The van der Waals surface area contributed by atoms with Crippen LogP contribution in [0.3, 0.4) is 0 Å². The van der Waals surface area contributed by atoms with Crippen LogP contribution in [0.25, 0.3) is 0 Å². The lowest BCUT2D eigenvalue weighted by atomic mass is 9.98. The molecule has 2 aliphatic heterocycles. The number of hydrogen-bond acceptors (Lipinski definition) is 4. The first-order valence-corrected chi connectivity index (χ1v) is 10.7. The number of hydrogen-bond donors (Lipinski definition) is 1. The van der Waals surface area contributed by atoms with E-state index in [2.05, 4.69) is 5.32 Å². The summed E-state index contributed by atoms with van der Waals surface area (Å²) in [6, 6.07) is 12.8. The molecule has 4 rings (SSSR count). The van der Waals surface area contributed by atoms with Gasteiger partial charge in [-0.15, -0.1) is 0 Å². The molecule has 0 spiro atoms. The normalized spacial score (nSPS) is 20.6. The molecule has 0 bridgehead atoms. The van der Waals surface area contributed by atoms with Crippen LogP contribution in [0.15, 0.2) is 48.5 Å². The van der Waals surface area contributed by atoms with Crippen LogP contribution in [-0.2, 0) is 9.59 Å². The van der Waals surface area contributed by atoms with E-state index in [0.717, 1.165) is 0 Å². The van der Waals surface area contributed by atoms with E-state index in [1.165, 1.54) is 12.1 Å². The highest BCUT2D eigenvalue weighted by Crippen LogP contribution is 2.43. The number of ether oxygens (including phenoxy) is 1. The molecule has 2 atom stereocenters. The van der Waals surface area contributed by atoms with Gasteiger partial charge >= 0.3 is 0 Å². The number of para-hydroxylation sites is 2. The molecule has 7 nitrogen and oxygen atoms in total. The van der Waals surface area contributed by atoms with Gasteiger partial charge in [-0.25, -0.2) is 4.39 Å². The topological polar surface area (TPSA) is 79.0 Å². The second-order valence-electron chi connectivity index (χ2n) is 8.38. The number of fused-ring (bicyclic) bond motifs is 3. The first-order chi connectivity index (χ1) is 15.3. The smallest absolute Gasteiger partial charge is 0.257 e. The average Bonchev–Trinajstić information content (AvgIpc) is 3.08. The molecular weight excluding hydrogens is 413 g/mol. The number of halogens is 1. The van der Waals surface area contributed by atoms with Crippen molar-refractivity contribution in [3.63, 3.8) is 0 Å². The van der Waals surface area contributed by atoms with Crippen LogP contribution >= 0.6 is 0 Å². The van der Waals surface area contributed by atoms with Gasteiger partial charge in [0.1, 0.15) is 12.3 Å². The zero-order valence-electron chi connectivity index (χ0n) is 18.1. The minimum Gasteiger partial charge on any atom is -0.488 e. The van der Waals surface area contributed by atoms with E-state index in [0.29, 0.717) is 24.1 Å². The van der Waals surface area contributed by atoms with Gasteiger partial charge in [0.15, 0.2) is 11.6 Å². The molecule has 2 aromatic carbocycles. The van der Waals surface area contributed by atoms with Gasteiger partial charge in [-0.3, -0.25) is 19.3 Å². The largest absolute Gasteiger partial charge is 0.488 e. The molecule has 32 heavy (non-hydrogen) atoms.